The standard InChI is InChI=1S/C14H18N2O/c1-11-8-12(9-15)2-3-13(11)10-16-6-4-14(17)5-7-16/h2-3,8,14,17H,4-7,10H2,1H3. The first-order valence-electron chi connectivity index (χ1n) is 6.09. The van der Waals surface area contributed by atoms with Crippen molar-refractivity contribution in [1.82, 2.24) is 4.90 Å². The monoisotopic (exact) mass is 230 g/mol. The Bertz CT molecular complexity index is 428. The first kappa shape index (κ1) is 12.1. The van der Waals surface area contributed by atoms with Crippen LogP contribution in [0, 0.1) is 18.3 Å². The van der Waals surface area contributed by atoms with Gasteiger partial charge in [0.15, 0.2) is 0 Å². The molecular weight excluding hydrogens is 212 g/mol. The largest absolute Gasteiger partial charge is 0.393 e. The lowest BCUT2D eigenvalue weighted by Crippen LogP contribution is -2.35. The van der Waals surface area contributed by atoms with E-state index >= 15 is 0 Å². The molecule has 0 unspecified atom stereocenters. The molecule has 90 valence electrons. The predicted octanol–water partition coefficient (Wildman–Crippen LogP) is 1.82. The third-order valence-electron chi connectivity index (χ3n) is 3.42. The van der Waals surface area contributed by atoms with Crippen molar-refractivity contribution in [3.8, 4) is 6.07 Å². The third-order valence-corrected chi connectivity index (χ3v) is 3.42. The van der Waals surface area contributed by atoms with Crippen LogP contribution >= 0.6 is 0 Å². The van der Waals surface area contributed by atoms with Gasteiger partial charge in [0, 0.05) is 19.6 Å². The number of benzene rings is 1. The molecule has 0 atom stereocenters. The van der Waals surface area contributed by atoms with Crippen LogP contribution in [-0.2, 0) is 6.54 Å². The molecule has 0 bridgehead atoms. The van der Waals surface area contributed by atoms with Gasteiger partial charge in [-0.1, -0.05) is 6.07 Å². The van der Waals surface area contributed by atoms with E-state index in [-0.39, 0.29) is 6.10 Å². The number of hydrogen-bond donors (Lipinski definition) is 1. The minimum Gasteiger partial charge on any atom is -0.393 e. The van der Waals surface area contributed by atoms with E-state index in [9.17, 15) is 5.11 Å². The lowest BCUT2D eigenvalue weighted by Gasteiger charge is -2.29. The van der Waals surface area contributed by atoms with Crippen LogP contribution in [0.4, 0.5) is 0 Å². The first-order chi connectivity index (χ1) is 8.19. The van der Waals surface area contributed by atoms with Crippen molar-refractivity contribution in [1.29, 1.82) is 5.26 Å². The number of rotatable bonds is 2. The van der Waals surface area contributed by atoms with Gasteiger partial charge in [-0.3, -0.25) is 4.90 Å². The molecule has 0 spiro atoms. The average molecular weight is 230 g/mol. The molecule has 0 aliphatic carbocycles. The third kappa shape index (κ3) is 3.06. The number of hydrogen-bond acceptors (Lipinski definition) is 3. The Kier molecular flexibility index (Phi) is 3.78. The van der Waals surface area contributed by atoms with Crippen molar-refractivity contribution in [3.05, 3.63) is 34.9 Å². The Morgan fingerprint density at radius 1 is 1.41 bits per heavy atom. The van der Waals surface area contributed by atoms with Crippen LogP contribution in [0.15, 0.2) is 18.2 Å². The van der Waals surface area contributed by atoms with E-state index in [2.05, 4.69) is 17.9 Å². The minimum atomic E-state index is -0.117. The highest BCUT2D eigenvalue weighted by atomic mass is 16.3. The topological polar surface area (TPSA) is 47.3 Å². The van der Waals surface area contributed by atoms with Crippen molar-refractivity contribution < 1.29 is 5.11 Å². The van der Waals surface area contributed by atoms with E-state index in [1.807, 2.05) is 18.2 Å². The molecular formula is C14H18N2O. The van der Waals surface area contributed by atoms with Crippen molar-refractivity contribution in [2.45, 2.75) is 32.4 Å². The highest BCUT2D eigenvalue weighted by Gasteiger charge is 2.17. The maximum Gasteiger partial charge on any atom is 0.0991 e. The van der Waals surface area contributed by atoms with E-state index in [0.717, 1.165) is 38.0 Å². The van der Waals surface area contributed by atoms with E-state index in [4.69, 9.17) is 5.26 Å². The molecule has 1 aliphatic heterocycles. The van der Waals surface area contributed by atoms with Gasteiger partial charge in [-0.25, -0.2) is 0 Å². The molecule has 2 rings (SSSR count). The molecule has 1 aliphatic rings. The highest BCUT2D eigenvalue weighted by molar-refractivity contribution is 5.37. The van der Waals surface area contributed by atoms with Crippen molar-refractivity contribution >= 4 is 0 Å². The number of nitriles is 1. The molecule has 1 fully saturated rings. The molecule has 0 amide bonds. The molecule has 0 saturated carbocycles. The zero-order chi connectivity index (χ0) is 12.3. The Hall–Kier alpha value is -1.37. The summed E-state index contributed by atoms with van der Waals surface area (Å²) in [5.74, 6) is 0. The fourth-order valence-corrected chi connectivity index (χ4v) is 2.26. The van der Waals surface area contributed by atoms with E-state index in [0.29, 0.717) is 0 Å². The van der Waals surface area contributed by atoms with Gasteiger partial charge in [-0.05, 0) is 43.0 Å². The molecule has 1 saturated heterocycles. The lowest BCUT2D eigenvalue weighted by molar-refractivity contribution is 0.0792. The molecule has 1 aromatic carbocycles. The summed E-state index contributed by atoms with van der Waals surface area (Å²) >= 11 is 0. The van der Waals surface area contributed by atoms with Gasteiger partial charge in [-0.2, -0.15) is 5.26 Å². The normalized spacial score (nSPS) is 17.9. The second-order valence-electron chi connectivity index (χ2n) is 4.76. The van der Waals surface area contributed by atoms with Gasteiger partial charge >= 0.3 is 0 Å². The molecule has 1 heterocycles. The Morgan fingerprint density at radius 3 is 2.71 bits per heavy atom. The van der Waals surface area contributed by atoms with Gasteiger partial charge in [0.1, 0.15) is 0 Å². The van der Waals surface area contributed by atoms with Crippen LogP contribution in [0.3, 0.4) is 0 Å². The van der Waals surface area contributed by atoms with Gasteiger partial charge in [0.2, 0.25) is 0 Å². The lowest BCUT2D eigenvalue weighted by atomic mass is 10.0. The molecule has 17 heavy (non-hydrogen) atoms. The van der Waals surface area contributed by atoms with Crippen LogP contribution in [0.1, 0.15) is 29.5 Å². The van der Waals surface area contributed by atoms with Gasteiger partial charge < -0.3 is 5.11 Å². The number of piperidine rings is 1. The fraction of sp³-hybridized carbons (Fsp3) is 0.500. The second-order valence-corrected chi connectivity index (χ2v) is 4.76. The summed E-state index contributed by atoms with van der Waals surface area (Å²) in [6.07, 6.45) is 1.62. The van der Waals surface area contributed by atoms with Gasteiger partial charge in [0.25, 0.3) is 0 Å². The fourth-order valence-electron chi connectivity index (χ4n) is 2.26. The molecule has 1 aromatic rings. The molecule has 3 nitrogen and oxygen atoms in total. The summed E-state index contributed by atoms with van der Waals surface area (Å²) in [6.45, 7) is 4.89. The summed E-state index contributed by atoms with van der Waals surface area (Å²) in [7, 11) is 0. The number of likely N-dealkylation sites (tertiary alicyclic amines) is 1. The number of aryl methyl sites for hydroxylation is 1. The van der Waals surface area contributed by atoms with E-state index in [1.54, 1.807) is 0 Å². The molecule has 0 radical (unpaired) electrons. The Morgan fingerprint density at radius 2 is 2.12 bits per heavy atom. The molecule has 1 N–H and O–H groups in total. The van der Waals surface area contributed by atoms with Crippen molar-refractivity contribution in [2.24, 2.45) is 0 Å². The molecule has 0 aromatic heterocycles. The summed E-state index contributed by atoms with van der Waals surface area (Å²) in [5, 5.41) is 18.3. The Balaban J connectivity index is 2.02. The van der Waals surface area contributed by atoms with Crippen LogP contribution < -0.4 is 0 Å². The van der Waals surface area contributed by atoms with Gasteiger partial charge in [0.05, 0.1) is 17.7 Å². The quantitative estimate of drug-likeness (QED) is 0.843. The van der Waals surface area contributed by atoms with Crippen LogP contribution in [-0.4, -0.2) is 29.2 Å². The van der Waals surface area contributed by atoms with E-state index < -0.39 is 0 Å². The van der Waals surface area contributed by atoms with Crippen molar-refractivity contribution in [2.75, 3.05) is 13.1 Å². The van der Waals surface area contributed by atoms with Crippen LogP contribution in [0.5, 0.6) is 0 Å². The maximum absolute atomic E-state index is 9.45. The highest BCUT2D eigenvalue weighted by Crippen LogP contribution is 2.17. The zero-order valence-corrected chi connectivity index (χ0v) is 10.2. The van der Waals surface area contributed by atoms with Crippen LogP contribution in [0.25, 0.3) is 0 Å². The van der Waals surface area contributed by atoms with Gasteiger partial charge in [-0.15, -0.1) is 0 Å². The smallest absolute Gasteiger partial charge is 0.0991 e. The molecule has 3 heteroatoms. The van der Waals surface area contributed by atoms with E-state index in [1.165, 1.54) is 11.1 Å². The van der Waals surface area contributed by atoms with Crippen LogP contribution in [0.2, 0.25) is 0 Å². The minimum absolute atomic E-state index is 0.117. The average Bonchev–Trinajstić information content (AvgIpc) is 2.34. The predicted molar refractivity (Wildman–Crippen MR) is 66.4 cm³/mol. The Labute approximate surface area is 102 Å². The summed E-state index contributed by atoms with van der Waals surface area (Å²) in [5.41, 5.74) is 3.18. The summed E-state index contributed by atoms with van der Waals surface area (Å²) < 4.78 is 0. The first-order valence-corrected chi connectivity index (χ1v) is 6.09. The summed E-state index contributed by atoms with van der Waals surface area (Å²) in [6, 6.07) is 8.01. The zero-order valence-electron chi connectivity index (χ0n) is 10.2. The SMILES string of the molecule is Cc1cc(C#N)ccc1CN1CCC(O)CC1. The number of nitrogens with zero attached hydrogens (tertiary/aromatic N) is 2. The maximum atomic E-state index is 9.45. The second kappa shape index (κ2) is 5.31. The van der Waals surface area contributed by atoms with Crippen molar-refractivity contribution in [3.63, 3.8) is 0 Å². The summed E-state index contributed by atoms with van der Waals surface area (Å²) in [4.78, 5) is 2.36. The number of aliphatic hydroxyl groups excluding tert-OH is 1. The number of aliphatic hydroxyl groups is 1.